The third-order valence-electron chi connectivity index (χ3n) is 9.56. The highest BCUT2D eigenvalue weighted by Crippen LogP contribution is 2.63. The maximum absolute atomic E-state index is 14.6. The number of fused-ring (bicyclic) bond motifs is 1. The van der Waals surface area contributed by atoms with Crippen LogP contribution in [0.4, 0.5) is 5.69 Å². The summed E-state index contributed by atoms with van der Waals surface area (Å²) < 4.78 is 12.5. The van der Waals surface area contributed by atoms with E-state index in [-0.39, 0.29) is 30.9 Å². The van der Waals surface area contributed by atoms with Gasteiger partial charge in [-0.1, -0.05) is 38.3 Å². The molecule has 0 radical (unpaired) electrons. The van der Waals surface area contributed by atoms with E-state index in [1.54, 1.807) is 26.9 Å². The third kappa shape index (κ3) is 6.31. The summed E-state index contributed by atoms with van der Waals surface area (Å²) in [6.07, 6.45) is 9.41. The minimum Gasteiger partial charge on any atom is -0.494 e. The molecule has 1 N–H and O–H groups in total. The zero-order valence-corrected chi connectivity index (χ0v) is 26.8. The number of carbonyl (C=O) groups is 3. The van der Waals surface area contributed by atoms with Crippen LogP contribution in [0.2, 0.25) is 0 Å². The molecule has 4 rings (SSSR count). The Morgan fingerprint density at radius 2 is 1.75 bits per heavy atom. The summed E-state index contributed by atoms with van der Waals surface area (Å²) in [6.45, 7) is 16.0. The van der Waals surface area contributed by atoms with Crippen LogP contribution in [-0.2, 0) is 19.1 Å². The number of benzene rings is 1. The van der Waals surface area contributed by atoms with Crippen molar-refractivity contribution in [2.75, 3.05) is 44.3 Å². The Morgan fingerprint density at radius 1 is 1.05 bits per heavy atom. The molecule has 0 aliphatic carbocycles. The molecule has 3 amide bonds. The standard InChI is InChI=1S/C35H51N3O6/c1-6-10-23-36(21-7-2)33(42)30-35-20-19-34(5,44-35)28(29(35)32(41)38(30)24-13-11-12-14-25-39)31(40)37(22-8-3)26-15-17-27(18-16-26)43-9-4/h7-8,15-18,28-30,39H,2-3,6,9-14,19-25H2,1,4-5H3/t28-,29-,30?,34+,35?/m0/s1. The molecule has 9 nitrogen and oxygen atoms in total. The van der Waals surface area contributed by atoms with Crippen LogP contribution in [0.1, 0.15) is 72.1 Å². The van der Waals surface area contributed by atoms with E-state index < -0.39 is 29.1 Å². The van der Waals surface area contributed by atoms with Gasteiger partial charge in [-0.2, -0.15) is 0 Å². The molecular formula is C35H51N3O6. The zero-order chi connectivity index (χ0) is 31.9. The van der Waals surface area contributed by atoms with Crippen LogP contribution >= 0.6 is 0 Å². The molecule has 242 valence electrons. The monoisotopic (exact) mass is 609 g/mol. The predicted octanol–water partition coefficient (Wildman–Crippen LogP) is 4.74. The normalized spacial score (nSPS) is 26.9. The Labute approximate surface area is 262 Å². The molecule has 1 spiro atoms. The summed E-state index contributed by atoms with van der Waals surface area (Å²) in [5, 5.41) is 9.22. The van der Waals surface area contributed by atoms with Crippen molar-refractivity contribution in [3.8, 4) is 5.75 Å². The molecular weight excluding hydrogens is 558 g/mol. The lowest BCUT2D eigenvalue weighted by atomic mass is 9.66. The molecule has 3 saturated heterocycles. The molecule has 9 heteroatoms. The molecule has 1 aromatic carbocycles. The van der Waals surface area contributed by atoms with Crippen molar-refractivity contribution in [2.45, 2.75) is 89.4 Å². The van der Waals surface area contributed by atoms with Crippen molar-refractivity contribution in [1.29, 1.82) is 0 Å². The largest absolute Gasteiger partial charge is 0.494 e. The van der Waals surface area contributed by atoms with Crippen molar-refractivity contribution in [1.82, 2.24) is 9.80 Å². The van der Waals surface area contributed by atoms with Gasteiger partial charge in [-0.3, -0.25) is 14.4 Å². The van der Waals surface area contributed by atoms with E-state index in [4.69, 9.17) is 9.47 Å². The number of aliphatic hydroxyl groups excluding tert-OH is 1. The molecule has 3 aliphatic heterocycles. The molecule has 3 heterocycles. The van der Waals surface area contributed by atoms with Gasteiger partial charge in [-0.15, -0.1) is 13.2 Å². The molecule has 0 saturated carbocycles. The van der Waals surface area contributed by atoms with E-state index in [2.05, 4.69) is 20.1 Å². The summed E-state index contributed by atoms with van der Waals surface area (Å²) in [6, 6.07) is 6.57. The van der Waals surface area contributed by atoms with E-state index >= 15 is 0 Å². The maximum atomic E-state index is 14.6. The lowest BCUT2D eigenvalue weighted by Gasteiger charge is -2.37. The van der Waals surface area contributed by atoms with E-state index in [0.29, 0.717) is 63.4 Å². The fourth-order valence-electron chi connectivity index (χ4n) is 7.55. The second-order valence-corrected chi connectivity index (χ2v) is 12.5. The number of hydrogen-bond acceptors (Lipinski definition) is 6. The highest BCUT2D eigenvalue weighted by atomic mass is 16.5. The van der Waals surface area contributed by atoms with Crippen molar-refractivity contribution >= 4 is 23.4 Å². The summed E-state index contributed by atoms with van der Waals surface area (Å²) in [5.74, 6) is -1.28. The number of aliphatic hydroxyl groups is 1. The number of likely N-dealkylation sites (tertiary alicyclic amines) is 1. The van der Waals surface area contributed by atoms with Crippen molar-refractivity contribution in [3.05, 3.63) is 49.6 Å². The van der Waals surface area contributed by atoms with Crippen LogP contribution in [0.25, 0.3) is 0 Å². The number of hydrogen-bond donors (Lipinski definition) is 1. The average molecular weight is 610 g/mol. The van der Waals surface area contributed by atoms with E-state index in [1.165, 1.54) is 0 Å². The Kier molecular flexibility index (Phi) is 11.3. The molecule has 3 aliphatic rings. The van der Waals surface area contributed by atoms with Crippen molar-refractivity contribution in [3.63, 3.8) is 0 Å². The number of carbonyl (C=O) groups excluding carboxylic acids is 3. The first-order chi connectivity index (χ1) is 21.2. The molecule has 2 unspecified atom stereocenters. The summed E-state index contributed by atoms with van der Waals surface area (Å²) in [5.41, 5.74) is -1.26. The van der Waals surface area contributed by atoms with Gasteiger partial charge < -0.3 is 29.3 Å². The lowest BCUT2D eigenvalue weighted by Crippen LogP contribution is -2.56. The quantitative estimate of drug-likeness (QED) is 0.191. The Balaban J connectivity index is 1.71. The number of nitrogens with zero attached hydrogens (tertiary/aromatic N) is 3. The van der Waals surface area contributed by atoms with Gasteiger partial charge in [-0.25, -0.2) is 0 Å². The average Bonchev–Trinajstić information content (AvgIpc) is 3.58. The second kappa shape index (κ2) is 14.7. The van der Waals surface area contributed by atoms with Crippen molar-refractivity contribution < 1.29 is 29.0 Å². The number of anilines is 1. The molecule has 1 aromatic rings. The van der Waals surface area contributed by atoms with Crippen LogP contribution in [0.5, 0.6) is 5.75 Å². The first kappa shape index (κ1) is 33.7. The van der Waals surface area contributed by atoms with E-state index in [0.717, 1.165) is 25.7 Å². The first-order valence-electron chi connectivity index (χ1n) is 16.4. The highest BCUT2D eigenvalue weighted by molar-refractivity contribution is 6.03. The smallest absolute Gasteiger partial charge is 0.248 e. The fraction of sp³-hybridized carbons (Fsp3) is 0.629. The van der Waals surface area contributed by atoms with Crippen molar-refractivity contribution in [2.24, 2.45) is 11.8 Å². The number of unbranched alkanes of at least 4 members (excludes halogenated alkanes) is 4. The highest BCUT2D eigenvalue weighted by Gasteiger charge is 2.78. The summed E-state index contributed by atoms with van der Waals surface area (Å²) in [4.78, 5) is 48.7. The van der Waals surface area contributed by atoms with Gasteiger partial charge in [0, 0.05) is 38.5 Å². The summed E-state index contributed by atoms with van der Waals surface area (Å²) in [7, 11) is 0. The van der Waals surface area contributed by atoms with Crippen LogP contribution in [-0.4, -0.2) is 89.3 Å². The van der Waals surface area contributed by atoms with Gasteiger partial charge in [0.1, 0.15) is 17.4 Å². The predicted molar refractivity (Wildman–Crippen MR) is 171 cm³/mol. The minimum absolute atomic E-state index is 0.128. The Bertz CT molecular complexity index is 1190. The Hall–Kier alpha value is -3.17. The Morgan fingerprint density at radius 3 is 2.39 bits per heavy atom. The summed E-state index contributed by atoms with van der Waals surface area (Å²) >= 11 is 0. The van der Waals surface area contributed by atoms with Gasteiger partial charge in [0.15, 0.2) is 0 Å². The van der Waals surface area contributed by atoms with Gasteiger partial charge in [0.05, 0.1) is 24.0 Å². The minimum atomic E-state index is -1.07. The van der Waals surface area contributed by atoms with E-state index in [9.17, 15) is 19.5 Å². The second-order valence-electron chi connectivity index (χ2n) is 12.5. The van der Waals surface area contributed by atoms with Crippen LogP contribution in [0.3, 0.4) is 0 Å². The van der Waals surface area contributed by atoms with Crippen LogP contribution in [0.15, 0.2) is 49.6 Å². The SMILES string of the molecule is C=CCN(CCCC)C(=O)C1N(CCCCCCO)C(=O)[C@@H]2[C@@H](C(=O)N(CC=C)c3ccc(OCC)cc3)[C@@]3(C)CCC12O3. The molecule has 44 heavy (non-hydrogen) atoms. The molecule has 2 bridgehead atoms. The topological polar surface area (TPSA) is 99.6 Å². The zero-order valence-electron chi connectivity index (χ0n) is 26.8. The number of ether oxygens (including phenoxy) is 2. The van der Waals surface area contributed by atoms with E-state index in [1.807, 2.05) is 38.1 Å². The molecule has 3 fully saturated rings. The molecule has 0 aromatic heterocycles. The van der Waals surface area contributed by atoms with Gasteiger partial charge in [-0.05, 0) is 70.2 Å². The van der Waals surface area contributed by atoms with Gasteiger partial charge in [0.25, 0.3) is 0 Å². The number of amides is 3. The molecule has 5 atom stereocenters. The maximum Gasteiger partial charge on any atom is 0.248 e. The first-order valence-corrected chi connectivity index (χ1v) is 16.4. The fourth-order valence-corrected chi connectivity index (χ4v) is 7.55. The van der Waals surface area contributed by atoms with Crippen LogP contribution < -0.4 is 9.64 Å². The lowest BCUT2D eigenvalue weighted by molar-refractivity contribution is -0.151. The van der Waals surface area contributed by atoms with Gasteiger partial charge in [0.2, 0.25) is 17.7 Å². The third-order valence-corrected chi connectivity index (χ3v) is 9.56. The number of rotatable bonds is 18. The van der Waals surface area contributed by atoms with Crippen LogP contribution in [0, 0.1) is 11.8 Å². The van der Waals surface area contributed by atoms with Gasteiger partial charge >= 0.3 is 0 Å².